The monoisotopic (exact) mass is 302 g/mol. The molecule has 1 aromatic carbocycles. The Hall–Kier alpha value is -0.150. The summed E-state index contributed by atoms with van der Waals surface area (Å²) in [5.74, 6) is 2.19. The Kier molecular flexibility index (Phi) is 5.19. The second-order valence-corrected chi connectivity index (χ2v) is 6.21. The van der Waals surface area contributed by atoms with Gasteiger partial charge in [0.25, 0.3) is 0 Å². The molecule has 1 nitrogen and oxygen atoms in total. The molecule has 0 spiro atoms. The molecule has 0 N–H and O–H groups in total. The fourth-order valence-electron chi connectivity index (χ4n) is 1.33. The van der Waals surface area contributed by atoms with Gasteiger partial charge in [0.05, 0.1) is 11.1 Å². The number of halogens is 1. The molecule has 1 unspecified atom stereocenters. The average Bonchev–Trinajstić information content (AvgIpc) is 2.19. The van der Waals surface area contributed by atoms with Crippen molar-refractivity contribution in [1.29, 1.82) is 0 Å². The zero-order valence-corrected chi connectivity index (χ0v) is 12.5. The Labute approximate surface area is 112 Å². The van der Waals surface area contributed by atoms with Crippen LogP contribution in [0.2, 0.25) is 0 Å². The van der Waals surface area contributed by atoms with E-state index in [1.165, 1.54) is 0 Å². The summed E-state index contributed by atoms with van der Waals surface area (Å²) in [6, 6.07) is 7.92. The van der Waals surface area contributed by atoms with Crippen LogP contribution in [0, 0.1) is 11.3 Å². The summed E-state index contributed by atoms with van der Waals surface area (Å²) in [6.07, 6.45) is 0. The number of ether oxygens (including phenoxy) is 1. The number of rotatable bonds is 4. The van der Waals surface area contributed by atoms with Gasteiger partial charge in [-0.25, -0.2) is 0 Å². The van der Waals surface area contributed by atoms with Gasteiger partial charge in [0.1, 0.15) is 5.75 Å². The molecular weight excluding hydrogens is 284 g/mol. The quantitative estimate of drug-likeness (QED) is 0.810. The molecule has 3 heteroatoms. The summed E-state index contributed by atoms with van der Waals surface area (Å²) >= 11 is 7.86. The lowest BCUT2D eigenvalue weighted by atomic mass is 9.82. The summed E-state index contributed by atoms with van der Waals surface area (Å²) in [5.41, 5.74) is 0.225. The Bertz CT molecular complexity index is 333. The molecule has 0 fully saturated rings. The first-order chi connectivity index (χ1) is 7.45. The second-order valence-electron chi connectivity index (χ2n) is 4.99. The van der Waals surface area contributed by atoms with Crippen LogP contribution in [0.4, 0.5) is 0 Å². The van der Waals surface area contributed by atoms with Crippen molar-refractivity contribution in [1.82, 2.24) is 0 Å². The van der Waals surface area contributed by atoms with E-state index in [0.717, 1.165) is 16.0 Å². The Morgan fingerprint density at radius 1 is 1.31 bits per heavy atom. The van der Waals surface area contributed by atoms with Crippen LogP contribution in [0.5, 0.6) is 5.75 Å². The van der Waals surface area contributed by atoms with Crippen LogP contribution < -0.4 is 4.74 Å². The van der Waals surface area contributed by atoms with E-state index in [0.29, 0.717) is 12.5 Å². The average molecular weight is 303 g/mol. The minimum atomic E-state index is 0.225. The molecule has 0 aliphatic heterocycles. The van der Waals surface area contributed by atoms with E-state index in [1.807, 2.05) is 24.3 Å². The summed E-state index contributed by atoms with van der Waals surface area (Å²) in [6.45, 7) is 7.36. The third-order valence-electron chi connectivity index (χ3n) is 2.72. The molecule has 0 amide bonds. The first-order valence-electron chi connectivity index (χ1n) is 5.43. The molecule has 0 saturated heterocycles. The first kappa shape index (κ1) is 13.9. The normalized spacial score (nSPS) is 13.6. The molecule has 0 aliphatic rings. The second kappa shape index (κ2) is 5.97. The number of para-hydroxylation sites is 1. The zero-order valence-electron chi connectivity index (χ0n) is 10.0. The van der Waals surface area contributed by atoms with E-state index in [-0.39, 0.29) is 5.41 Å². The van der Waals surface area contributed by atoms with Crippen LogP contribution in [0.1, 0.15) is 20.8 Å². The maximum absolute atomic E-state index is 5.82. The Balaban J connectivity index is 2.60. The smallest absolute Gasteiger partial charge is 0.133 e. The van der Waals surface area contributed by atoms with Crippen LogP contribution in [-0.4, -0.2) is 12.4 Å². The summed E-state index contributed by atoms with van der Waals surface area (Å²) < 4.78 is 6.82. The minimum absolute atomic E-state index is 0.225. The van der Waals surface area contributed by atoms with Gasteiger partial charge in [-0.05, 0) is 39.2 Å². The fraction of sp³-hybridized carbons (Fsp3) is 0.538. The lowest BCUT2D eigenvalue weighted by Gasteiger charge is -2.29. The van der Waals surface area contributed by atoms with Crippen LogP contribution in [0.3, 0.4) is 0 Å². The predicted octanol–water partition coefficient (Wildman–Crippen LogP) is 4.42. The highest BCUT2D eigenvalue weighted by atomic mass is 79.9. The highest BCUT2D eigenvalue weighted by molar-refractivity contribution is 9.10. The van der Waals surface area contributed by atoms with Gasteiger partial charge < -0.3 is 4.74 Å². The van der Waals surface area contributed by atoms with Crippen LogP contribution in [0.15, 0.2) is 28.7 Å². The van der Waals surface area contributed by atoms with Gasteiger partial charge in [-0.2, -0.15) is 12.6 Å². The maximum atomic E-state index is 5.82. The van der Waals surface area contributed by atoms with E-state index in [4.69, 9.17) is 4.74 Å². The van der Waals surface area contributed by atoms with Crippen molar-refractivity contribution >= 4 is 28.6 Å². The van der Waals surface area contributed by atoms with Crippen molar-refractivity contribution in [2.75, 3.05) is 12.4 Å². The van der Waals surface area contributed by atoms with E-state index < -0.39 is 0 Å². The molecule has 1 aromatic rings. The highest BCUT2D eigenvalue weighted by Crippen LogP contribution is 2.29. The van der Waals surface area contributed by atoms with E-state index in [9.17, 15) is 0 Å². The van der Waals surface area contributed by atoms with E-state index in [1.54, 1.807) is 0 Å². The molecule has 90 valence electrons. The summed E-state index contributed by atoms with van der Waals surface area (Å²) in [4.78, 5) is 0. The number of thiol groups is 1. The zero-order chi connectivity index (χ0) is 12.2. The van der Waals surface area contributed by atoms with Gasteiger partial charge in [0.2, 0.25) is 0 Å². The lowest BCUT2D eigenvalue weighted by molar-refractivity contribution is 0.164. The molecule has 1 rings (SSSR count). The Morgan fingerprint density at radius 3 is 2.44 bits per heavy atom. The SMILES string of the molecule is CC(C)(C)C(CS)COc1ccccc1Br. The number of hydrogen-bond donors (Lipinski definition) is 1. The molecule has 0 radical (unpaired) electrons. The Morgan fingerprint density at radius 2 is 1.94 bits per heavy atom. The van der Waals surface area contributed by atoms with Crippen molar-refractivity contribution in [2.24, 2.45) is 11.3 Å². The molecule has 0 aromatic heterocycles. The van der Waals surface area contributed by atoms with Crippen molar-refractivity contribution in [3.8, 4) is 5.75 Å². The van der Waals surface area contributed by atoms with Gasteiger partial charge in [-0.1, -0.05) is 32.9 Å². The van der Waals surface area contributed by atoms with Gasteiger partial charge >= 0.3 is 0 Å². The van der Waals surface area contributed by atoms with E-state index in [2.05, 4.69) is 49.3 Å². The topological polar surface area (TPSA) is 9.23 Å². The fourth-order valence-corrected chi connectivity index (χ4v) is 2.38. The maximum Gasteiger partial charge on any atom is 0.133 e. The van der Waals surface area contributed by atoms with Crippen LogP contribution >= 0.6 is 28.6 Å². The molecule has 16 heavy (non-hydrogen) atoms. The molecule has 0 saturated carbocycles. The first-order valence-corrected chi connectivity index (χ1v) is 6.86. The largest absolute Gasteiger partial charge is 0.492 e. The van der Waals surface area contributed by atoms with Crippen molar-refractivity contribution < 1.29 is 4.74 Å². The van der Waals surface area contributed by atoms with Crippen molar-refractivity contribution in [2.45, 2.75) is 20.8 Å². The van der Waals surface area contributed by atoms with E-state index >= 15 is 0 Å². The molecule has 1 atom stereocenters. The number of hydrogen-bond acceptors (Lipinski definition) is 2. The predicted molar refractivity (Wildman–Crippen MR) is 76.4 cm³/mol. The molecule has 0 bridgehead atoms. The molecular formula is C13H19BrOS. The van der Waals surface area contributed by atoms with Crippen molar-refractivity contribution in [3.05, 3.63) is 28.7 Å². The third-order valence-corrected chi connectivity index (χ3v) is 3.82. The highest BCUT2D eigenvalue weighted by Gasteiger charge is 2.24. The van der Waals surface area contributed by atoms with Gasteiger partial charge in [0, 0.05) is 5.92 Å². The van der Waals surface area contributed by atoms with Gasteiger partial charge in [-0.3, -0.25) is 0 Å². The summed E-state index contributed by atoms with van der Waals surface area (Å²) in [7, 11) is 0. The molecule has 0 aliphatic carbocycles. The molecule has 0 heterocycles. The van der Waals surface area contributed by atoms with Crippen molar-refractivity contribution in [3.63, 3.8) is 0 Å². The van der Waals surface area contributed by atoms with Gasteiger partial charge in [0.15, 0.2) is 0 Å². The van der Waals surface area contributed by atoms with Gasteiger partial charge in [-0.15, -0.1) is 0 Å². The van der Waals surface area contributed by atoms with Crippen LogP contribution in [-0.2, 0) is 0 Å². The standard InChI is InChI=1S/C13H19BrOS/c1-13(2,3)10(9-16)8-15-12-7-5-4-6-11(12)14/h4-7,10,16H,8-9H2,1-3H3. The minimum Gasteiger partial charge on any atom is -0.492 e. The third kappa shape index (κ3) is 4.02. The lowest BCUT2D eigenvalue weighted by Crippen LogP contribution is -2.28. The number of benzene rings is 1. The summed E-state index contributed by atoms with van der Waals surface area (Å²) in [5, 5.41) is 0. The van der Waals surface area contributed by atoms with Crippen LogP contribution in [0.25, 0.3) is 0 Å².